The highest BCUT2D eigenvalue weighted by molar-refractivity contribution is 5.85. The Labute approximate surface area is 127 Å². The summed E-state index contributed by atoms with van der Waals surface area (Å²) in [5.41, 5.74) is 0.204. The van der Waals surface area contributed by atoms with Gasteiger partial charge in [0.25, 0.3) is 0 Å². The average molecular weight is 295 g/mol. The van der Waals surface area contributed by atoms with Crippen molar-refractivity contribution in [3.8, 4) is 0 Å². The van der Waals surface area contributed by atoms with Crippen LogP contribution in [-0.2, 0) is 9.59 Å². The van der Waals surface area contributed by atoms with E-state index in [0.29, 0.717) is 18.9 Å². The molecule has 2 saturated carbocycles. The van der Waals surface area contributed by atoms with Crippen molar-refractivity contribution in [3.63, 3.8) is 0 Å². The molecule has 3 unspecified atom stereocenters. The summed E-state index contributed by atoms with van der Waals surface area (Å²) in [5, 5.41) is 12.4. The molecule has 2 N–H and O–H groups in total. The highest BCUT2D eigenvalue weighted by Gasteiger charge is 2.42. The zero-order chi connectivity index (χ0) is 15.5. The quantitative estimate of drug-likeness (QED) is 0.818. The fourth-order valence-corrected chi connectivity index (χ4v) is 4.05. The van der Waals surface area contributed by atoms with Crippen molar-refractivity contribution in [3.05, 3.63) is 0 Å². The van der Waals surface area contributed by atoms with Crippen molar-refractivity contribution in [1.82, 2.24) is 5.32 Å². The van der Waals surface area contributed by atoms with Crippen LogP contribution in [0.25, 0.3) is 0 Å². The van der Waals surface area contributed by atoms with E-state index in [1.807, 2.05) is 0 Å². The number of carbonyl (C=O) groups excluding carboxylic acids is 1. The highest BCUT2D eigenvalue weighted by atomic mass is 16.4. The maximum atomic E-state index is 12.4. The average Bonchev–Trinajstić information content (AvgIpc) is 2.90. The number of aliphatic carboxylic acids is 1. The number of nitrogens with one attached hydrogen (secondary N) is 1. The maximum absolute atomic E-state index is 12.4. The Hall–Kier alpha value is -1.06. The number of carboxylic acids is 1. The summed E-state index contributed by atoms with van der Waals surface area (Å²) in [6.07, 6.45) is 8.46. The zero-order valence-electron chi connectivity index (χ0n) is 13.4. The van der Waals surface area contributed by atoms with E-state index in [9.17, 15) is 14.7 Å². The van der Waals surface area contributed by atoms with Crippen LogP contribution in [0.15, 0.2) is 0 Å². The van der Waals surface area contributed by atoms with Crippen molar-refractivity contribution in [1.29, 1.82) is 0 Å². The second-order valence-electron chi connectivity index (χ2n) is 7.39. The van der Waals surface area contributed by atoms with Gasteiger partial charge >= 0.3 is 5.97 Å². The molecule has 4 heteroatoms. The lowest BCUT2D eigenvalue weighted by Crippen LogP contribution is -2.41. The van der Waals surface area contributed by atoms with Gasteiger partial charge in [0.1, 0.15) is 0 Å². The molecule has 0 aromatic carbocycles. The summed E-state index contributed by atoms with van der Waals surface area (Å²) >= 11 is 0. The van der Waals surface area contributed by atoms with Gasteiger partial charge in [-0.2, -0.15) is 0 Å². The number of rotatable bonds is 5. The van der Waals surface area contributed by atoms with E-state index in [4.69, 9.17) is 0 Å². The van der Waals surface area contributed by atoms with Crippen molar-refractivity contribution in [2.75, 3.05) is 6.54 Å². The summed E-state index contributed by atoms with van der Waals surface area (Å²) in [4.78, 5) is 23.8. The van der Waals surface area contributed by atoms with Crippen LogP contribution in [0.2, 0.25) is 0 Å². The molecule has 1 amide bonds. The molecular weight excluding hydrogens is 266 g/mol. The van der Waals surface area contributed by atoms with Gasteiger partial charge in [0.15, 0.2) is 0 Å². The van der Waals surface area contributed by atoms with Gasteiger partial charge in [0.2, 0.25) is 5.91 Å². The van der Waals surface area contributed by atoms with E-state index in [2.05, 4.69) is 19.2 Å². The summed E-state index contributed by atoms with van der Waals surface area (Å²) in [7, 11) is 0. The molecule has 2 fully saturated rings. The summed E-state index contributed by atoms with van der Waals surface area (Å²) in [5.74, 6) is -1.29. The molecule has 0 aromatic rings. The summed E-state index contributed by atoms with van der Waals surface area (Å²) in [6.45, 7) is 5.02. The third-order valence-electron chi connectivity index (χ3n) is 5.64. The van der Waals surface area contributed by atoms with Crippen molar-refractivity contribution in [2.24, 2.45) is 23.2 Å². The number of amides is 1. The van der Waals surface area contributed by atoms with Gasteiger partial charge in [0.05, 0.1) is 11.8 Å². The van der Waals surface area contributed by atoms with E-state index in [1.54, 1.807) is 0 Å². The topological polar surface area (TPSA) is 66.4 Å². The predicted octanol–water partition coefficient (Wildman–Crippen LogP) is 3.21. The first-order chi connectivity index (χ1) is 9.95. The monoisotopic (exact) mass is 295 g/mol. The Kier molecular flexibility index (Phi) is 5.28. The van der Waals surface area contributed by atoms with Crippen molar-refractivity contribution in [2.45, 2.75) is 65.2 Å². The molecule has 2 rings (SSSR count). The standard InChI is InChI=1S/C17H29NO3/c1-3-12-9-13(14(10-12)16(20)21)15(19)18-11-17(2)7-5-4-6-8-17/h12-14H,3-11H2,1-2H3,(H,18,19)(H,20,21). The Bertz CT molecular complexity index is 387. The van der Waals surface area contributed by atoms with E-state index >= 15 is 0 Å². The first kappa shape index (κ1) is 16.3. The molecule has 0 saturated heterocycles. The SMILES string of the molecule is CCC1CC(C(=O)O)C(C(=O)NCC2(C)CCCCC2)C1. The Morgan fingerprint density at radius 1 is 1.14 bits per heavy atom. The molecule has 0 aliphatic heterocycles. The lowest BCUT2D eigenvalue weighted by Gasteiger charge is -2.34. The summed E-state index contributed by atoms with van der Waals surface area (Å²) in [6, 6.07) is 0. The first-order valence-corrected chi connectivity index (χ1v) is 8.46. The van der Waals surface area contributed by atoms with Crippen molar-refractivity contribution < 1.29 is 14.7 Å². The molecule has 0 heterocycles. The smallest absolute Gasteiger partial charge is 0.307 e. The fourth-order valence-electron chi connectivity index (χ4n) is 4.05. The second kappa shape index (κ2) is 6.80. The molecule has 0 aromatic heterocycles. The lowest BCUT2D eigenvalue weighted by molar-refractivity contribution is -0.146. The van der Waals surface area contributed by atoms with Gasteiger partial charge in [-0.3, -0.25) is 9.59 Å². The Balaban J connectivity index is 1.91. The van der Waals surface area contributed by atoms with Gasteiger partial charge in [-0.05, 0) is 37.0 Å². The number of carboxylic acid groups (broad SMARTS) is 1. The predicted molar refractivity (Wildman–Crippen MR) is 81.8 cm³/mol. The normalized spacial score (nSPS) is 31.8. The molecule has 2 aliphatic rings. The minimum atomic E-state index is -0.810. The number of hydrogen-bond donors (Lipinski definition) is 2. The largest absolute Gasteiger partial charge is 0.481 e. The van der Waals surface area contributed by atoms with Crippen LogP contribution in [0.5, 0.6) is 0 Å². The third-order valence-corrected chi connectivity index (χ3v) is 5.64. The van der Waals surface area contributed by atoms with Crippen LogP contribution in [0.4, 0.5) is 0 Å². The van der Waals surface area contributed by atoms with E-state index in [0.717, 1.165) is 25.7 Å². The van der Waals surface area contributed by atoms with Gasteiger partial charge in [-0.1, -0.05) is 39.5 Å². The summed E-state index contributed by atoms with van der Waals surface area (Å²) < 4.78 is 0. The lowest BCUT2D eigenvalue weighted by atomic mass is 9.75. The van der Waals surface area contributed by atoms with Gasteiger partial charge in [0, 0.05) is 6.54 Å². The Morgan fingerprint density at radius 3 is 2.33 bits per heavy atom. The minimum Gasteiger partial charge on any atom is -0.481 e. The highest BCUT2D eigenvalue weighted by Crippen LogP contribution is 2.39. The second-order valence-corrected chi connectivity index (χ2v) is 7.39. The molecule has 0 radical (unpaired) electrons. The zero-order valence-corrected chi connectivity index (χ0v) is 13.4. The fraction of sp³-hybridized carbons (Fsp3) is 0.882. The molecule has 3 atom stereocenters. The van der Waals surface area contributed by atoms with Crippen LogP contribution < -0.4 is 5.32 Å². The molecule has 21 heavy (non-hydrogen) atoms. The van der Waals surface area contributed by atoms with Gasteiger partial charge in [-0.25, -0.2) is 0 Å². The molecule has 4 nitrogen and oxygen atoms in total. The van der Waals surface area contributed by atoms with Crippen LogP contribution in [0.3, 0.4) is 0 Å². The maximum Gasteiger partial charge on any atom is 0.307 e. The molecule has 0 bridgehead atoms. The van der Waals surface area contributed by atoms with Gasteiger partial charge < -0.3 is 10.4 Å². The Morgan fingerprint density at radius 2 is 1.76 bits per heavy atom. The molecule has 0 spiro atoms. The van der Waals surface area contributed by atoms with Gasteiger partial charge in [-0.15, -0.1) is 0 Å². The molecule has 120 valence electrons. The van der Waals surface area contributed by atoms with Crippen LogP contribution in [0.1, 0.15) is 65.2 Å². The third kappa shape index (κ3) is 3.98. The van der Waals surface area contributed by atoms with Crippen molar-refractivity contribution >= 4 is 11.9 Å². The first-order valence-electron chi connectivity index (χ1n) is 8.46. The van der Waals surface area contributed by atoms with Crippen LogP contribution >= 0.6 is 0 Å². The van der Waals surface area contributed by atoms with Crippen LogP contribution in [0, 0.1) is 23.2 Å². The van der Waals surface area contributed by atoms with Crippen LogP contribution in [-0.4, -0.2) is 23.5 Å². The number of carbonyl (C=O) groups is 2. The molecule has 2 aliphatic carbocycles. The molecular formula is C17H29NO3. The minimum absolute atomic E-state index is 0.0369. The van der Waals surface area contributed by atoms with E-state index in [1.165, 1.54) is 19.3 Å². The van der Waals surface area contributed by atoms with E-state index < -0.39 is 11.9 Å². The van der Waals surface area contributed by atoms with E-state index in [-0.39, 0.29) is 17.2 Å². The number of hydrogen-bond acceptors (Lipinski definition) is 2.